The molecule has 3 amide bonds. The lowest BCUT2D eigenvalue weighted by Crippen LogP contribution is -2.39. The smallest absolute Gasteiger partial charge is 0.230 e. The number of benzene rings is 2. The van der Waals surface area contributed by atoms with Crippen LogP contribution in [0.3, 0.4) is 0 Å². The van der Waals surface area contributed by atoms with Gasteiger partial charge in [0.15, 0.2) is 0 Å². The number of likely N-dealkylation sites (tertiary alicyclic amines) is 3. The maximum absolute atomic E-state index is 12.9. The van der Waals surface area contributed by atoms with Gasteiger partial charge in [-0.1, -0.05) is 132 Å². The number of hydrogen-bond donors (Lipinski definition) is 0. The molecule has 2 aromatic rings. The molecular weight excluding hydrogens is 703 g/mol. The number of unbranched alkanes of at least 4 members (excludes halogenated alkanes) is 5. The van der Waals surface area contributed by atoms with Crippen LogP contribution >= 0.6 is 0 Å². The van der Waals surface area contributed by atoms with Crippen molar-refractivity contribution in [2.24, 2.45) is 5.92 Å². The number of piperidine rings is 3. The maximum atomic E-state index is 12.9. The van der Waals surface area contributed by atoms with Gasteiger partial charge in [0.05, 0.1) is 11.8 Å². The second kappa shape index (κ2) is 29.8. The molecule has 0 saturated carbocycles. The molecule has 0 aliphatic carbocycles. The molecule has 57 heavy (non-hydrogen) atoms. The van der Waals surface area contributed by atoms with Crippen molar-refractivity contribution in [1.82, 2.24) is 14.7 Å². The van der Waals surface area contributed by atoms with E-state index in [1.54, 1.807) is 0 Å². The second-order valence-corrected chi connectivity index (χ2v) is 16.8. The van der Waals surface area contributed by atoms with Gasteiger partial charge in [-0.05, 0) is 107 Å². The third-order valence-corrected chi connectivity index (χ3v) is 12.2. The first kappa shape index (κ1) is 48.0. The summed E-state index contributed by atoms with van der Waals surface area (Å²) in [5.74, 6) is 1.55. The zero-order chi connectivity index (χ0) is 40.9. The predicted molar refractivity (Wildman–Crippen MR) is 240 cm³/mol. The average molecular weight is 784 g/mol. The van der Waals surface area contributed by atoms with Crippen LogP contribution in [-0.4, -0.2) is 71.7 Å². The summed E-state index contributed by atoms with van der Waals surface area (Å²) in [6.07, 6.45) is 27.3. The van der Waals surface area contributed by atoms with Crippen molar-refractivity contribution in [2.75, 3.05) is 39.3 Å². The predicted octanol–water partition coefficient (Wildman–Crippen LogP) is 12.5. The molecule has 0 spiro atoms. The lowest BCUT2D eigenvalue weighted by Gasteiger charge is -2.30. The molecule has 3 aliphatic heterocycles. The highest BCUT2D eigenvalue weighted by atomic mass is 16.2. The third-order valence-electron chi connectivity index (χ3n) is 12.2. The van der Waals surface area contributed by atoms with Gasteiger partial charge in [0.25, 0.3) is 0 Å². The molecule has 0 bridgehead atoms. The van der Waals surface area contributed by atoms with E-state index in [4.69, 9.17) is 0 Å². The van der Waals surface area contributed by atoms with Crippen molar-refractivity contribution in [2.45, 2.75) is 174 Å². The summed E-state index contributed by atoms with van der Waals surface area (Å²) in [6, 6.07) is 20.6. The van der Waals surface area contributed by atoms with Gasteiger partial charge < -0.3 is 14.7 Å². The van der Waals surface area contributed by atoms with Crippen LogP contribution in [0.5, 0.6) is 0 Å². The molecule has 6 heteroatoms. The Bertz CT molecular complexity index is 1340. The summed E-state index contributed by atoms with van der Waals surface area (Å²) in [5, 5.41) is 0. The normalized spacial score (nSPS) is 16.7. The number of carbonyl (C=O) groups excluding carboxylic acids is 3. The first-order valence-electron chi connectivity index (χ1n) is 23.5. The van der Waals surface area contributed by atoms with Gasteiger partial charge >= 0.3 is 0 Å². The van der Waals surface area contributed by atoms with Crippen LogP contribution < -0.4 is 0 Å². The maximum Gasteiger partial charge on any atom is 0.230 e. The molecule has 0 N–H and O–H groups in total. The molecule has 3 saturated heterocycles. The van der Waals surface area contributed by atoms with Crippen molar-refractivity contribution in [3.05, 3.63) is 84.4 Å². The highest BCUT2D eigenvalue weighted by Crippen LogP contribution is 2.28. The Morgan fingerprint density at radius 1 is 0.491 bits per heavy atom. The molecule has 2 unspecified atom stereocenters. The Labute approximate surface area is 349 Å². The number of allylic oxidation sites excluding steroid dienone is 1. The van der Waals surface area contributed by atoms with Gasteiger partial charge in [-0.15, -0.1) is 6.58 Å². The summed E-state index contributed by atoms with van der Waals surface area (Å²) >= 11 is 0. The zero-order valence-corrected chi connectivity index (χ0v) is 36.7. The Kier molecular flexibility index (Phi) is 25.0. The molecule has 3 fully saturated rings. The van der Waals surface area contributed by atoms with Crippen LogP contribution in [0.1, 0.15) is 185 Å². The number of nitrogens with zero attached hydrogens (tertiary/aromatic N) is 3. The molecule has 0 radical (unpaired) electrons. The molecule has 3 heterocycles. The van der Waals surface area contributed by atoms with Crippen molar-refractivity contribution in [3.8, 4) is 0 Å². The standard InChI is InChI=1S/C19H27NO.C17H25NO.C15H29NO/c1-2-3-4-9-14-18(17-12-7-5-8-13-17)19(21)20-15-10-6-11-16-20;1-2-3-12-16(15-10-6-4-7-11-15)17(19)18-13-8-5-9-14-18;1-3-5-10-14(11-6-4-2)15(17)16-12-8-7-9-13-16/h2,5,7-8,12-13,18H,1,3-4,6,9-11,14-16H2;4,6-7,10-11,16H,2-3,5,8-9,12-14H2,1H3;14H,3-13H2,1-2H3. The molecule has 318 valence electrons. The van der Waals surface area contributed by atoms with E-state index >= 15 is 0 Å². The first-order chi connectivity index (χ1) is 27.9. The van der Waals surface area contributed by atoms with Gasteiger partial charge in [0, 0.05) is 45.2 Å². The van der Waals surface area contributed by atoms with E-state index < -0.39 is 0 Å². The second-order valence-electron chi connectivity index (χ2n) is 16.8. The van der Waals surface area contributed by atoms with Crippen molar-refractivity contribution in [3.63, 3.8) is 0 Å². The number of carbonyl (C=O) groups is 3. The van der Waals surface area contributed by atoms with Gasteiger partial charge in [0.2, 0.25) is 17.7 Å². The molecule has 6 nitrogen and oxygen atoms in total. The van der Waals surface area contributed by atoms with Crippen molar-refractivity contribution in [1.29, 1.82) is 0 Å². The van der Waals surface area contributed by atoms with E-state index in [1.807, 2.05) is 42.5 Å². The molecule has 0 aromatic heterocycles. The summed E-state index contributed by atoms with van der Waals surface area (Å²) in [4.78, 5) is 44.3. The van der Waals surface area contributed by atoms with E-state index in [-0.39, 0.29) is 11.8 Å². The fourth-order valence-electron chi connectivity index (χ4n) is 8.62. The highest BCUT2D eigenvalue weighted by Gasteiger charge is 2.28. The van der Waals surface area contributed by atoms with E-state index in [2.05, 4.69) is 66.3 Å². The fraction of sp³-hybridized carbons (Fsp3) is 0.667. The van der Waals surface area contributed by atoms with E-state index in [1.165, 1.54) is 81.8 Å². The molecule has 2 aromatic carbocycles. The van der Waals surface area contributed by atoms with Crippen LogP contribution in [0.4, 0.5) is 0 Å². The van der Waals surface area contributed by atoms with Crippen LogP contribution in [0.15, 0.2) is 73.3 Å². The van der Waals surface area contributed by atoms with E-state index in [0.29, 0.717) is 23.6 Å². The van der Waals surface area contributed by atoms with Gasteiger partial charge in [-0.2, -0.15) is 0 Å². The lowest BCUT2D eigenvalue weighted by molar-refractivity contribution is -0.137. The number of rotatable bonds is 19. The van der Waals surface area contributed by atoms with Crippen molar-refractivity contribution >= 4 is 17.7 Å². The van der Waals surface area contributed by atoms with Crippen LogP contribution in [0, 0.1) is 5.92 Å². The summed E-state index contributed by atoms with van der Waals surface area (Å²) in [5.41, 5.74) is 2.36. The third kappa shape index (κ3) is 18.0. The van der Waals surface area contributed by atoms with Crippen molar-refractivity contribution < 1.29 is 14.4 Å². The van der Waals surface area contributed by atoms with Gasteiger partial charge in [0.1, 0.15) is 0 Å². The average Bonchev–Trinajstić information content (AvgIpc) is 3.28. The van der Waals surface area contributed by atoms with Gasteiger partial charge in [-0.3, -0.25) is 14.4 Å². The molecular formula is C51H81N3O3. The van der Waals surface area contributed by atoms with Gasteiger partial charge in [-0.25, -0.2) is 0 Å². The molecule has 5 rings (SSSR count). The van der Waals surface area contributed by atoms with E-state index in [9.17, 15) is 14.4 Å². The fourth-order valence-corrected chi connectivity index (χ4v) is 8.62. The highest BCUT2D eigenvalue weighted by molar-refractivity contribution is 5.84. The first-order valence-corrected chi connectivity index (χ1v) is 23.5. The Hall–Kier alpha value is -3.41. The summed E-state index contributed by atoms with van der Waals surface area (Å²) in [6.45, 7) is 16.2. The Morgan fingerprint density at radius 3 is 1.21 bits per heavy atom. The minimum absolute atomic E-state index is 0.0362. The largest absolute Gasteiger partial charge is 0.342 e. The SMILES string of the molecule is C=CCCCCC(C(=O)N1CCCCC1)c1ccccc1.CCCCC(C(=O)N1CCCCC1)c1ccccc1.CCCCC(CCCC)C(=O)N1CCCCC1. The number of hydrogen-bond acceptors (Lipinski definition) is 3. The minimum atomic E-state index is 0.0362. The zero-order valence-electron chi connectivity index (χ0n) is 36.7. The van der Waals surface area contributed by atoms with Crippen LogP contribution in [-0.2, 0) is 14.4 Å². The van der Waals surface area contributed by atoms with Crippen LogP contribution in [0.25, 0.3) is 0 Å². The Balaban J connectivity index is 0.000000230. The minimum Gasteiger partial charge on any atom is -0.342 e. The topological polar surface area (TPSA) is 60.9 Å². The quantitative estimate of drug-likeness (QED) is 0.105. The summed E-state index contributed by atoms with van der Waals surface area (Å²) in [7, 11) is 0. The molecule has 3 aliphatic rings. The Morgan fingerprint density at radius 2 is 0.842 bits per heavy atom. The molecule has 2 atom stereocenters. The van der Waals surface area contributed by atoms with Crippen LogP contribution in [0.2, 0.25) is 0 Å². The lowest BCUT2D eigenvalue weighted by atomic mass is 9.91. The number of amides is 3. The monoisotopic (exact) mass is 784 g/mol. The summed E-state index contributed by atoms with van der Waals surface area (Å²) < 4.78 is 0. The van der Waals surface area contributed by atoms with E-state index in [0.717, 1.165) is 110 Å².